The second kappa shape index (κ2) is 3.83. The van der Waals surface area contributed by atoms with Crippen LogP contribution in [-0.4, -0.2) is 25.2 Å². The largest absolute Gasteiger partial charge is 0.495 e. The van der Waals surface area contributed by atoms with Gasteiger partial charge in [-0.25, -0.2) is 0 Å². The van der Waals surface area contributed by atoms with Crippen molar-refractivity contribution in [3.05, 3.63) is 30.0 Å². The molecule has 1 aromatic heterocycles. The van der Waals surface area contributed by atoms with Crippen LogP contribution < -0.4 is 10.1 Å². The number of nitrogens with one attached hydrogen (secondary N) is 2. The number of methoxy groups -OCH3 is 1. The molecule has 3 heteroatoms. The number of para-hydroxylation sites is 1. The van der Waals surface area contributed by atoms with E-state index in [-0.39, 0.29) is 0 Å². The molecule has 1 saturated heterocycles. The van der Waals surface area contributed by atoms with E-state index in [1.165, 1.54) is 17.4 Å². The van der Waals surface area contributed by atoms with Gasteiger partial charge in [0.05, 0.1) is 12.6 Å². The van der Waals surface area contributed by atoms with Crippen molar-refractivity contribution in [2.24, 2.45) is 0 Å². The summed E-state index contributed by atoms with van der Waals surface area (Å²) in [5.74, 6) is 1.57. The summed E-state index contributed by atoms with van der Waals surface area (Å²) in [6, 6.07) is 6.22. The Morgan fingerprint density at radius 1 is 1.38 bits per heavy atom. The van der Waals surface area contributed by atoms with E-state index >= 15 is 0 Å². The fraction of sp³-hybridized carbons (Fsp3) is 0.385. The average molecular weight is 216 g/mol. The standard InChI is InChI=1S/C13H16N2O/c1-16-12-4-2-3-10-11(8-15-13(10)12)9-5-6-14-7-9/h2-4,8-9,14-15H,5-7H2,1H3. The highest BCUT2D eigenvalue weighted by Crippen LogP contribution is 2.33. The Kier molecular flexibility index (Phi) is 2.33. The minimum Gasteiger partial charge on any atom is -0.495 e. The average Bonchev–Trinajstić information content (AvgIpc) is 2.96. The van der Waals surface area contributed by atoms with Crippen LogP contribution in [0, 0.1) is 0 Å². The molecule has 1 aliphatic heterocycles. The molecule has 1 aliphatic rings. The van der Waals surface area contributed by atoms with E-state index in [0.717, 1.165) is 24.4 Å². The van der Waals surface area contributed by atoms with Crippen LogP contribution in [0.25, 0.3) is 10.9 Å². The molecule has 84 valence electrons. The van der Waals surface area contributed by atoms with Crippen LogP contribution >= 0.6 is 0 Å². The number of fused-ring (bicyclic) bond motifs is 1. The molecule has 2 heterocycles. The van der Waals surface area contributed by atoms with Gasteiger partial charge in [-0.3, -0.25) is 0 Å². The Labute approximate surface area is 94.8 Å². The van der Waals surface area contributed by atoms with Crippen LogP contribution in [-0.2, 0) is 0 Å². The number of rotatable bonds is 2. The summed E-state index contributed by atoms with van der Waals surface area (Å²) >= 11 is 0. The third kappa shape index (κ3) is 1.39. The van der Waals surface area contributed by atoms with E-state index in [2.05, 4.69) is 28.6 Å². The minimum atomic E-state index is 0.640. The Bertz CT molecular complexity index is 498. The lowest BCUT2D eigenvalue weighted by atomic mass is 9.98. The summed E-state index contributed by atoms with van der Waals surface area (Å²) in [6.45, 7) is 2.21. The van der Waals surface area contributed by atoms with Crippen LogP contribution in [0.3, 0.4) is 0 Å². The summed E-state index contributed by atoms with van der Waals surface area (Å²) in [5.41, 5.74) is 2.53. The zero-order valence-electron chi connectivity index (χ0n) is 9.42. The number of aromatic amines is 1. The number of hydrogen-bond donors (Lipinski definition) is 2. The van der Waals surface area contributed by atoms with Gasteiger partial charge in [-0.2, -0.15) is 0 Å². The maximum Gasteiger partial charge on any atom is 0.142 e. The molecule has 0 saturated carbocycles. The highest BCUT2D eigenvalue weighted by Gasteiger charge is 2.20. The molecule has 3 nitrogen and oxygen atoms in total. The highest BCUT2D eigenvalue weighted by atomic mass is 16.5. The van der Waals surface area contributed by atoms with Gasteiger partial charge >= 0.3 is 0 Å². The van der Waals surface area contributed by atoms with Gasteiger partial charge in [-0.15, -0.1) is 0 Å². The van der Waals surface area contributed by atoms with Crippen molar-refractivity contribution in [3.63, 3.8) is 0 Å². The highest BCUT2D eigenvalue weighted by molar-refractivity contribution is 5.88. The number of aromatic nitrogens is 1. The SMILES string of the molecule is COc1cccc2c(C3CCNC3)c[nH]c12. The van der Waals surface area contributed by atoms with E-state index in [4.69, 9.17) is 4.74 Å². The smallest absolute Gasteiger partial charge is 0.142 e. The zero-order chi connectivity index (χ0) is 11.0. The molecular weight excluding hydrogens is 200 g/mol. The van der Waals surface area contributed by atoms with Crippen molar-refractivity contribution in [3.8, 4) is 5.75 Å². The molecule has 0 radical (unpaired) electrons. The van der Waals surface area contributed by atoms with Crippen molar-refractivity contribution in [1.29, 1.82) is 0 Å². The van der Waals surface area contributed by atoms with Gasteiger partial charge in [0.15, 0.2) is 0 Å². The predicted octanol–water partition coefficient (Wildman–Crippen LogP) is 2.25. The summed E-state index contributed by atoms with van der Waals surface area (Å²) in [4.78, 5) is 3.33. The predicted molar refractivity (Wildman–Crippen MR) is 65.1 cm³/mol. The summed E-state index contributed by atoms with van der Waals surface area (Å²) < 4.78 is 5.36. The lowest BCUT2D eigenvalue weighted by molar-refractivity contribution is 0.419. The molecule has 1 fully saturated rings. The maximum atomic E-state index is 5.36. The molecular formula is C13H16N2O. The second-order valence-corrected chi connectivity index (χ2v) is 4.32. The molecule has 1 atom stereocenters. The topological polar surface area (TPSA) is 37.0 Å². The fourth-order valence-corrected chi connectivity index (χ4v) is 2.58. The molecule has 1 aromatic carbocycles. The Balaban J connectivity index is 2.12. The molecule has 16 heavy (non-hydrogen) atoms. The maximum absolute atomic E-state index is 5.36. The summed E-state index contributed by atoms with van der Waals surface area (Å²) in [7, 11) is 1.71. The van der Waals surface area contributed by atoms with E-state index in [1.807, 2.05) is 6.07 Å². The summed E-state index contributed by atoms with van der Waals surface area (Å²) in [6.07, 6.45) is 3.36. The van der Waals surface area contributed by atoms with Crippen molar-refractivity contribution in [2.75, 3.05) is 20.2 Å². The first kappa shape index (κ1) is 9.73. The van der Waals surface area contributed by atoms with Gasteiger partial charge in [0.25, 0.3) is 0 Å². The molecule has 3 rings (SSSR count). The number of benzene rings is 1. The van der Waals surface area contributed by atoms with Crippen molar-refractivity contribution < 1.29 is 4.74 Å². The molecule has 1 unspecified atom stereocenters. The first-order valence-electron chi connectivity index (χ1n) is 5.75. The van der Waals surface area contributed by atoms with Gasteiger partial charge in [0.2, 0.25) is 0 Å². The third-order valence-electron chi connectivity index (χ3n) is 3.43. The van der Waals surface area contributed by atoms with Crippen molar-refractivity contribution in [1.82, 2.24) is 10.3 Å². The lowest BCUT2D eigenvalue weighted by Gasteiger charge is -2.07. The van der Waals surface area contributed by atoms with Crippen LogP contribution in [0.15, 0.2) is 24.4 Å². The number of ether oxygens (including phenoxy) is 1. The third-order valence-corrected chi connectivity index (χ3v) is 3.43. The van der Waals surface area contributed by atoms with Crippen LogP contribution in [0.5, 0.6) is 5.75 Å². The van der Waals surface area contributed by atoms with Gasteiger partial charge in [-0.1, -0.05) is 12.1 Å². The van der Waals surface area contributed by atoms with Gasteiger partial charge < -0.3 is 15.0 Å². The Morgan fingerprint density at radius 3 is 3.06 bits per heavy atom. The molecule has 0 aliphatic carbocycles. The number of hydrogen-bond acceptors (Lipinski definition) is 2. The second-order valence-electron chi connectivity index (χ2n) is 4.32. The van der Waals surface area contributed by atoms with E-state index in [0.29, 0.717) is 5.92 Å². The van der Waals surface area contributed by atoms with Gasteiger partial charge in [-0.05, 0) is 30.5 Å². The Hall–Kier alpha value is -1.48. The molecule has 2 aromatic rings. The molecule has 0 spiro atoms. The Morgan fingerprint density at radius 2 is 2.31 bits per heavy atom. The van der Waals surface area contributed by atoms with Crippen LogP contribution in [0.2, 0.25) is 0 Å². The number of H-pyrrole nitrogens is 1. The lowest BCUT2D eigenvalue weighted by Crippen LogP contribution is -2.07. The van der Waals surface area contributed by atoms with Crippen molar-refractivity contribution >= 4 is 10.9 Å². The quantitative estimate of drug-likeness (QED) is 0.808. The van der Waals surface area contributed by atoms with Gasteiger partial charge in [0.1, 0.15) is 5.75 Å². The first-order valence-corrected chi connectivity index (χ1v) is 5.75. The van der Waals surface area contributed by atoms with Crippen molar-refractivity contribution in [2.45, 2.75) is 12.3 Å². The normalized spacial score (nSPS) is 20.4. The van der Waals surface area contributed by atoms with Crippen LogP contribution in [0.1, 0.15) is 17.9 Å². The monoisotopic (exact) mass is 216 g/mol. The molecule has 0 amide bonds. The van der Waals surface area contributed by atoms with E-state index in [9.17, 15) is 0 Å². The molecule has 2 N–H and O–H groups in total. The molecule has 0 bridgehead atoms. The summed E-state index contributed by atoms with van der Waals surface area (Å²) in [5, 5.41) is 4.71. The zero-order valence-corrected chi connectivity index (χ0v) is 9.42. The van der Waals surface area contributed by atoms with E-state index < -0.39 is 0 Å². The fourth-order valence-electron chi connectivity index (χ4n) is 2.58. The first-order chi connectivity index (χ1) is 7.90. The van der Waals surface area contributed by atoms with Gasteiger partial charge in [0, 0.05) is 18.1 Å². The van der Waals surface area contributed by atoms with Crippen LogP contribution in [0.4, 0.5) is 0 Å². The van der Waals surface area contributed by atoms with E-state index in [1.54, 1.807) is 7.11 Å². The minimum absolute atomic E-state index is 0.640.